The van der Waals surface area contributed by atoms with Crippen molar-refractivity contribution < 1.29 is 4.42 Å². The second-order valence-electron chi connectivity index (χ2n) is 4.78. The molecule has 1 fully saturated rings. The maximum absolute atomic E-state index is 6.27. The summed E-state index contributed by atoms with van der Waals surface area (Å²) in [6.45, 7) is 2.29. The van der Waals surface area contributed by atoms with Crippen molar-refractivity contribution >= 4 is 0 Å². The summed E-state index contributed by atoms with van der Waals surface area (Å²) in [6, 6.07) is 2.18. The minimum Gasteiger partial charge on any atom is -0.472 e. The van der Waals surface area contributed by atoms with Crippen molar-refractivity contribution in [1.29, 1.82) is 0 Å². The van der Waals surface area contributed by atoms with Crippen LogP contribution >= 0.6 is 0 Å². The molecule has 1 aromatic heterocycles. The first-order chi connectivity index (χ1) is 7.31. The Morgan fingerprint density at radius 2 is 2.40 bits per heavy atom. The van der Waals surface area contributed by atoms with Gasteiger partial charge < -0.3 is 10.2 Å². The van der Waals surface area contributed by atoms with Crippen LogP contribution < -0.4 is 5.73 Å². The average molecular weight is 207 g/mol. The van der Waals surface area contributed by atoms with Crippen LogP contribution in [0.5, 0.6) is 0 Å². The highest BCUT2D eigenvalue weighted by Crippen LogP contribution is 2.37. The van der Waals surface area contributed by atoms with Crippen LogP contribution in [0, 0.1) is 11.8 Å². The summed E-state index contributed by atoms with van der Waals surface area (Å²) in [6.07, 6.45) is 10.1. The topological polar surface area (TPSA) is 39.2 Å². The zero-order chi connectivity index (χ0) is 10.7. The van der Waals surface area contributed by atoms with Gasteiger partial charge in [-0.2, -0.15) is 0 Å². The van der Waals surface area contributed by atoms with Gasteiger partial charge in [0.1, 0.15) is 0 Å². The SMILES string of the molecule is CCC1CCCC(C(N)c2ccoc2)C1. The molecule has 0 aliphatic heterocycles. The van der Waals surface area contributed by atoms with Crippen molar-refractivity contribution in [3.63, 3.8) is 0 Å². The summed E-state index contributed by atoms with van der Waals surface area (Å²) < 4.78 is 5.10. The molecule has 0 aromatic carbocycles. The average Bonchev–Trinajstić information content (AvgIpc) is 2.81. The van der Waals surface area contributed by atoms with Gasteiger partial charge in [-0.3, -0.25) is 0 Å². The van der Waals surface area contributed by atoms with E-state index in [1.165, 1.54) is 32.1 Å². The van der Waals surface area contributed by atoms with Crippen LogP contribution in [0.2, 0.25) is 0 Å². The number of hydrogen-bond acceptors (Lipinski definition) is 2. The molecule has 1 heterocycles. The first kappa shape index (κ1) is 10.7. The van der Waals surface area contributed by atoms with E-state index < -0.39 is 0 Å². The van der Waals surface area contributed by atoms with Crippen molar-refractivity contribution in [1.82, 2.24) is 0 Å². The molecule has 0 saturated heterocycles. The van der Waals surface area contributed by atoms with E-state index in [1.807, 2.05) is 6.07 Å². The maximum atomic E-state index is 6.27. The Bertz CT molecular complexity index is 281. The third kappa shape index (κ3) is 2.43. The second-order valence-corrected chi connectivity index (χ2v) is 4.78. The highest BCUT2D eigenvalue weighted by molar-refractivity contribution is 5.12. The van der Waals surface area contributed by atoms with E-state index in [0.717, 1.165) is 11.5 Å². The van der Waals surface area contributed by atoms with E-state index in [2.05, 4.69) is 6.92 Å². The lowest BCUT2D eigenvalue weighted by molar-refractivity contribution is 0.230. The van der Waals surface area contributed by atoms with Crippen molar-refractivity contribution in [2.45, 2.75) is 45.1 Å². The van der Waals surface area contributed by atoms with E-state index in [-0.39, 0.29) is 6.04 Å². The minimum atomic E-state index is 0.179. The Labute approximate surface area is 91.8 Å². The monoisotopic (exact) mass is 207 g/mol. The van der Waals surface area contributed by atoms with Gasteiger partial charge in [0.05, 0.1) is 12.5 Å². The van der Waals surface area contributed by atoms with Crippen LogP contribution in [0.25, 0.3) is 0 Å². The zero-order valence-electron chi connectivity index (χ0n) is 9.49. The predicted octanol–water partition coefficient (Wildman–Crippen LogP) is 3.50. The lowest BCUT2D eigenvalue weighted by atomic mass is 9.76. The number of rotatable bonds is 3. The summed E-state index contributed by atoms with van der Waals surface area (Å²) >= 11 is 0. The van der Waals surface area contributed by atoms with Gasteiger partial charge in [0.25, 0.3) is 0 Å². The predicted molar refractivity (Wildman–Crippen MR) is 61.4 cm³/mol. The molecule has 2 heteroatoms. The minimum absolute atomic E-state index is 0.179. The van der Waals surface area contributed by atoms with Gasteiger partial charge in [0.2, 0.25) is 0 Å². The van der Waals surface area contributed by atoms with Crippen LogP contribution in [0.4, 0.5) is 0 Å². The fourth-order valence-corrected chi connectivity index (χ4v) is 2.77. The van der Waals surface area contributed by atoms with E-state index >= 15 is 0 Å². The van der Waals surface area contributed by atoms with Crippen molar-refractivity contribution in [3.8, 4) is 0 Å². The van der Waals surface area contributed by atoms with E-state index in [1.54, 1.807) is 12.5 Å². The third-order valence-electron chi connectivity index (χ3n) is 3.84. The van der Waals surface area contributed by atoms with Gasteiger partial charge in [-0.1, -0.05) is 26.2 Å². The first-order valence-electron chi connectivity index (χ1n) is 6.09. The number of furan rings is 1. The molecule has 1 aliphatic rings. The van der Waals surface area contributed by atoms with E-state index in [4.69, 9.17) is 10.2 Å². The molecule has 1 aromatic rings. The Morgan fingerprint density at radius 1 is 1.53 bits per heavy atom. The summed E-state index contributed by atoms with van der Waals surface area (Å²) in [7, 11) is 0. The van der Waals surface area contributed by atoms with Crippen LogP contribution in [-0.4, -0.2) is 0 Å². The first-order valence-corrected chi connectivity index (χ1v) is 6.09. The van der Waals surface area contributed by atoms with Crippen molar-refractivity contribution in [3.05, 3.63) is 24.2 Å². The summed E-state index contributed by atoms with van der Waals surface area (Å²) in [4.78, 5) is 0. The lowest BCUT2D eigenvalue weighted by Gasteiger charge is -2.32. The van der Waals surface area contributed by atoms with E-state index in [0.29, 0.717) is 5.92 Å². The highest BCUT2D eigenvalue weighted by atomic mass is 16.3. The molecular weight excluding hydrogens is 186 g/mol. The highest BCUT2D eigenvalue weighted by Gasteiger charge is 2.26. The molecule has 0 amide bonds. The Hall–Kier alpha value is -0.760. The Balaban J connectivity index is 1.98. The molecule has 1 aliphatic carbocycles. The standard InChI is InChI=1S/C13H21NO/c1-2-10-4-3-5-11(8-10)13(14)12-6-7-15-9-12/h6-7,9-11,13H,2-5,8,14H2,1H3. The Kier molecular flexibility index (Phi) is 3.47. The van der Waals surface area contributed by atoms with Gasteiger partial charge in [-0.05, 0) is 30.7 Å². The molecule has 0 spiro atoms. The molecule has 0 bridgehead atoms. The van der Waals surface area contributed by atoms with Crippen LogP contribution in [0.1, 0.15) is 50.6 Å². The molecule has 2 rings (SSSR count). The van der Waals surface area contributed by atoms with Crippen LogP contribution in [0.3, 0.4) is 0 Å². The fourth-order valence-electron chi connectivity index (χ4n) is 2.77. The summed E-state index contributed by atoms with van der Waals surface area (Å²) in [5.41, 5.74) is 7.43. The molecule has 3 unspecified atom stereocenters. The van der Waals surface area contributed by atoms with Crippen molar-refractivity contribution in [2.24, 2.45) is 17.6 Å². The molecule has 84 valence electrons. The molecule has 3 atom stereocenters. The van der Waals surface area contributed by atoms with Gasteiger partial charge in [-0.15, -0.1) is 0 Å². The van der Waals surface area contributed by atoms with Crippen LogP contribution in [-0.2, 0) is 0 Å². The molecular formula is C13H21NO. The quantitative estimate of drug-likeness (QED) is 0.824. The third-order valence-corrected chi connectivity index (χ3v) is 3.84. The second kappa shape index (κ2) is 4.84. The molecule has 1 saturated carbocycles. The molecule has 15 heavy (non-hydrogen) atoms. The Morgan fingerprint density at radius 3 is 3.07 bits per heavy atom. The summed E-state index contributed by atoms with van der Waals surface area (Å²) in [5.74, 6) is 1.54. The maximum Gasteiger partial charge on any atom is 0.0950 e. The van der Waals surface area contributed by atoms with Gasteiger partial charge >= 0.3 is 0 Å². The fraction of sp³-hybridized carbons (Fsp3) is 0.692. The molecule has 2 N–H and O–H groups in total. The smallest absolute Gasteiger partial charge is 0.0950 e. The van der Waals surface area contributed by atoms with Gasteiger partial charge in [-0.25, -0.2) is 0 Å². The largest absolute Gasteiger partial charge is 0.472 e. The molecule has 0 radical (unpaired) electrons. The zero-order valence-corrected chi connectivity index (χ0v) is 9.49. The lowest BCUT2D eigenvalue weighted by Crippen LogP contribution is -2.26. The van der Waals surface area contributed by atoms with Gasteiger partial charge in [0.15, 0.2) is 0 Å². The van der Waals surface area contributed by atoms with Crippen LogP contribution in [0.15, 0.2) is 23.0 Å². The molecule has 2 nitrogen and oxygen atoms in total. The summed E-state index contributed by atoms with van der Waals surface area (Å²) in [5, 5.41) is 0. The number of hydrogen-bond donors (Lipinski definition) is 1. The normalized spacial score (nSPS) is 28.9. The van der Waals surface area contributed by atoms with Crippen molar-refractivity contribution in [2.75, 3.05) is 0 Å². The number of nitrogens with two attached hydrogens (primary N) is 1. The van der Waals surface area contributed by atoms with E-state index in [9.17, 15) is 0 Å². The van der Waals surface area contributed by atoms with Gasteiger partial charge in [0, 0.05) is 11.6 Å².